The Morgan fingerprint density at radius 2 is 2.07 bits per heavy atom. The smallest absolute Gasteiger partial charge is 0.359 e. The molecule has 0 aliphatic heterocycles. The van der Waals surface area contributed by atoms with E-state index < -0.39 is 17.4 Å². The van der Waals surface area contributed by atoms with Gasteiger partial charge in [-0.3, -0.25) is 18.7 Å². The highest BCUT2D eigenvalue weighted by Gasteiger charge is 2.38. The van der Waals surface area contributed by atoms with Crippen LogP contribution in [0.15, 0.2) is 16.9 Å². The zero-order valence-electron chi connectivity index (χ0n) is 15.7. The van der Waals surface area contributed by atoms with Crippen molar-refractivity contribution in [2.45, 2.75) is 44.8 Å². The van der Waals surface area contributed by atoms with Crippen LogP contribution in [0.2, 0.25) is 0 Å². The second-order valence-electron chi connectivity index (χ2n) is 7.04. The number of carbonyl (C=O) groups is 1. The first-order chi connectivity index (χ1) is 13.7. The van der Waals surface area contributed by atoms with Crippen LogP contribution in [0, 0.1) is 6.92 Å². The van der Waals surface area contributed by atoms with Gasteiger partial charge in [0.15, 0.2) is 4.96 Å². The molecule has 1 N–H and O–H groups in total. The molecule has 0 spiro atoms. The van der Waals surface area contributed by atoms with E-state index >= 15 is 0 Å². The van der Waals surface area contributed by atoms with Crippen molar-refractivity contribution in [2.24, 2.45) is 0 Å². The molecular weight excluding hydrogens is 407 g/mol. The van der Waals surface area contributed by atoms with E-state index in [-0.39, 0.29) is 30.5 Å². The van der Waals surface area contributed by atoms with Gasteiger partial charge >= 0.3 is 6.18 Å². The molecule has 0 atom stereocenters. The number of rotatable bonds is 5. The third-order valence-corrected chi connectivity index (χ3v) is 5.86. The van der Waals surface area contributed by atoms with Gasteiger partial charge in [0.1, 0.15) is 5.69 Å². The molecule has 1 amide bonds. The van der Waals surface area contributed by atoms with Crippen molar-refractivity contribution in [2.75, 3.05) is 7.05 Å². The lowest BCUT2D eigenvalue weighted by atomic mass is 10.2. The Balaban J connectivity index is 1.73. The van der Waals surface area contributed by atoms with Gasteiger partial charge in [-0.1, -0.05) is 0 Å². The SMILES string of the molecule is CNC(=O)Cc1c(C)sc2nc(Cn3nc(C4CC4)cc3C(F)(F)F)cc(=O)n12. The molecule has 0 radical (unpaired) electrons. The molecule has 3 aromatic heterocycles. The van der Waals surface area contributed by atoms with Crippen LogP contribution in [0.25, 0.3) is 4.96 Å². The fourth-order valence-electron chi connectivity index (χ4n) is 3.22. The number of thiazole rings is 1. The number of nitrogens with one attached hydrogen (secondary N) is 1. The summed E-state index contributed by atoms with van der Waals surface area (Å²) in [5.74, 6) is -0.173. The molecule has 1 fully saturated rings. The minimum atomic E-state index is -4.54. The summed E-state index contributed by atoms with van der Waals surface area (Å²) in [6, 6.07) is 2.28. The number of aryl methyl sites for hydroxylation is 1. The van der Waals surface area contributed by atoms with Crippen molar-refractivity contribution in [3.8, 4) is 0 Å². The summed E-state index contributed by atoms with van der Waals surface area (Å²) < 4.78 is 42.4. The van der Waals surface area contributed by atoms with Crippen LogP contribution in [-0.4, -0.2) is 32.1 Å². The molecule has 29 heavy (non-hydrogen) atoms. The van der Waals surface area contributed by atoms with Gasteiger partial charge in [-0.15, -0.1) is 11.3 Å². The molecule has 1 aliphatic carbocycles. The van der Waals surface area contributed by atoms with Crippen molar-refractivity contribution >= 4 is 22.2 Å². The minimum Gasteiger partial charge on any atom is -0.359 e. The number of nitrogens with zero attached hydrogens (tertiary/aromatic N) is 4. The zero-order chi connectivity index (χ0) is 20.9. The van der Waals surface area contributed by atoms with Crippen LogP contribution in [0.5, 0.6) is 0 Å². The molecule has 4 rings (SSSR count). The molecule has 3 heterocycles. The van der Waals surface area contributed by atoms with Gasteiger partial charge in [0.05, 0.1) is 30.0 Å². The lowest BCUT2D eigenvalue weighted by Gasteiger charge is -2.10. The third-order valence-electron chi connectivity index (χ3n) is 4.87. The number of alkyl halides is 3. The summed E-state index contributed by atoms with van der Waals surface area (Å²) in [6.07, 6.45) is -2.85. The Labute approximate surface area is 167 Å². The van der Waals surface area contributed by atoms with Gasteiger partial charge in [0.2, 0.25) is 5.91 Å². The lowest BCUT2D eigenvalue weighted by molar-refractivity contribution is -0.144. The molecule has 0 bridgehead atoms. The standard InChI is InChI=1S/C18H18F3N5O2S/c1-9-13(7-15(27)22-2)26-16(28)5-11(23-17(26)29-9)8-25-14(18(19,20)21)6-12(24-25)10-3-4-10/h5-6,10H,3-4,7-8H2,1-2H3,(H,22,27). The maximum absolute atomic E-state index is 13.4. The molecule has 1 aliphatic rings. The van der Waals surface area contributed by atoms with Gasteiger partial charge in [-0.2, -0.15) is 18.3 Å². The largest absolute Gasteiger partial charge is 0.433 e. The molecule has 0 saturated heterocycles. The number of carbonyl (C=O) groups excluding carboxylic acids is 1. The van der Waals surface area contributed by atoms with Crippen LogP contribution < -0.4 is 10.9 Å². The number of aromatic nitrogens is 4. The number of amides is 1. The van der Waals surface area contributed by atoms with Crippen LogP contribution in [-0.2, 0) is 23.9 Å². The van der Waals surface area contributed by atoms with E-state index in [0.717, 1.165) is 28.5 Å². The summed E-state index contributed by atoms with van der Waals surface area (Å²) in [4.78, 5) is 29.8. The first-order valence-corrected chi connectivity index (χ1v) is 9.85. The maximum Gasteiger partial charge on any atom is 0.433 e. The third kappa shape index (κ3) is 3.78. The number of hydrogen-bond donors (Lipinski definition) is 1. The Morgan fingerprint density at radius 1 is 1.34 bits per heavy atom. The fraction of sp³-hybridized carbons (Fsp3) is 0.444. The van der Waals surface area contributed by atoms with E-state index in [1.165, 1.54) is 28.9 Å². The first kappa shape index (κ1) is 19.6. The average molecular weight is 425 g/mol. The second-order valence-corrected chi connectivity index (χ2v) is 8.22. The van der Waals surface area contributed by atoms with Gasteiger partial charge in [0, 0.05) is 23.9 Å². The number of likely N-dealkylation sites (N-methyl/N-ethyl adjacent to an activating group) is 1. The molecule has 1 saturated carbocycles. The van der Waals surface area contributed by atoms with Crippen LogP contribution in [0.4, 0.5) is 13.2 Å². The Kier molecular flexibility index (Phi) is 4.72. The minimum absolute atomic E-state index is 0.0192. The van der Waals surface area contributed by atoms with E-state index in [0.29, 0.717) is 16.3 Å². The Hall–Kier alpha value is -2.69. The topological polar surface area (TPSA) is 81.3 Å². The predicted molar refractivity (Wildman–Crippen MR) is 100 cm³/mol. The second kappa shape index (κ2) is 6.97. The monoisotopic (exact) mass is 425 g/mol. The predicted octanol–water partition coefficient (Wildman–Crippen LogP) is 2.49. The van der Waals surface area contributed by atoms with Gasteiger partial charge in [-0.05, 0) is 25.8 Å². The van der Waals surface area contributed by atoms with E-state index in [9.17, 15) is 22.8 Å². The van der Waals surface area contributed by atoms with Crippen LogP contribution in [0.1, 0.15) is 46.4 Å². The molecule has 3 aromatic rings. The number of halogens is 3. The van der Waals surface area contributed by atoms with Crippen LogP contribution in [0.3, 0.4) is 0 Å². The van der Waals surface area contributed by atoms with Gasteiger partial charge in [-0.25, -0.2) is 4.98 Å². The molecule has 154 valence electrons. The number of hydrogen-bond acceptors (Lipinski definition) is 5. The summed E-state index contributed by atoms with van der Waals surface area (Å²) in [7, 11) is 1.50. The van der Waals surface area contributed by atoms with E-state index in [1.807, 2.05) is 0 Å². The highest BCUT2D eigenvalue weighted by molar-refractivity contribution is 7.17. The zero-order valence-corrected chi connectivity index (χ0v) is 16.5. The van der Waals surface area contributed by atoms with Crippen molar-refractivity contribution in [3.05, 3.63) is 50.1 Å². The highest BCUT2D eigenvalue weighted by atomic mass is 32.1. The normalized spacial score (nSPS) is 14.5. The van der Waals surface area contributed by atoms with E-state index in [1.54, 1.807) is 6.92 Å². The van der Waals surface area contributed by atoms with Gasteiger partial charge in [0.25, 0.3) is 5.56 Å². The summed E-state index contributed by atoms with van der Waals surface area (Å²) in [5.41, 5.74) is -0.131. The Morgan fingerprint density at radius 3 is 2.69 bits per heavy atom. The quantitative estimate of drug-likeness (QED) is 0.681. The van der Waals surface area contributed by atoms with E-state index in [2.05, 4.69) is 15.4 Å². The van der Waals surface area contributed by atoms with E-state index in [4.69, 9.17) is 0 Å². The van der Waals surface area contributed by atoms with Crippen molar-refractivity contribution < 1.29 is 18.0 Å². The first-order valence-electron chi connectivity index (χ1n) is 9.04. The van der Waals surface area contributed by atoms with Gasteiger partial charge < -0.3 is 5.32 Å². The lowest BCUT2D eigenvalue weighted by Crippen LogP contribution is -2.24. The summed E-state index contributed by atoms with van der Waals surface area (Å²) in [5, 5.41) is 6.62. The van der Waals surface area contributed by atoms with Crippen molar-refractivity contribution in [1.82, 2.24) is 24.5 Å². The molecule has 7 nitrogen and oxygen atoms in total. The Bertz CT molecular complexity index is 1160. The highest BCUT2D eigenvalue weighted by Crippen LogP contribution is 2.41. The molecule has 0 unspecified atom stereocenters. The molecule has 11 heteroatoms. The molecular formula is C18H18F3N5O2S. The molecule has 0 aromatic carbocycles. The van der Waals surface area contributed by atoms with Crippen molar-refractivity contribution in [1.29, 1.82) is 0 Å². The maximum atomic E-state index is 13.4. The summed E-state index contributed by atoms with van der Waals surface area (Å²) in [6.45, 7) is 1.52. The van der Waals surface area contributed by atoms with Crippen LogP contribution >= 0.6 is 11.3 Å². The fourth-order valence-corrected chi connectivity index (χ4v) is 4.23. The number of fused-ring (bicyclic) bond motifs is 1. The van der Waals surface area contributed by atoms with Crippen molar-refractivity contribution in [3.63, 3.8) is 0 Å². The average Bonchev–Trinajstić information content (AvgIpc) is 3.31. The summed E-state index contributed by atoms with van der Waals surface area (Å²) >= 11 is 1.22.